The van der Waals surface area contributed by atoms with Gasteiger partial charge in [-0.15, -0.1) is 9.67 Å². The number of fused-ring (bicyclic) bond motifs is 3. The van der Waals surface area contributed by atoms with Gasteiger partial charge in [-0.2, -0.15) is 4.40 Å². The number of nitrogens with one attached hydrogen (secondary N) is 1. The molecule has 0 amide bonds. The summed E-state index contributed by atoms with van der Waals surface area (Å²) in [7, 11) is 1.83. The van der Waals surface area contributed by atoms with Crippen LogP contribution in [0, 0.1) is 17.0 Å². The molecule has 0 bridgehead atoms. The quantitative estimate of drug-likeness (QED) is 0.353. The first kappa shape index (κ1) is 15.0. The lowest BCUT2D eigenvalue weighted by atomic mass is 10.2. The Morgan fingerprint density at radius 2 is 1.88 bits per heavy atom. The molecule has 0 spiro atoms. The van der Waals surface area contributed by atoms with Gasteiger partial charge >= 0.3 is 11.7 Å². The van der Waals surface area contributed by atoms with Crippen LogP contribution in [0.4, 0.5) is 17.3 Å². The zero-order chi connectivity index (χ0) is 17.6. The number of nitro benzene ring substituents is 1. The van der Waals surface area contributed by atoms with Gasteiger partial charge in [-0.3, -0.25) is 15.4 Å². The van der Waals surface area contributed by atoms with E-state index in [-0.39, 0.29) is 5.69 Å². The molecule has 8 nitrogen and oxygen atoms in total. The van der Waals surface area contributed by atoms with E-state index in [2.05, 4.69) is 15.4 Å². The molecule has 0 radical (unpaired) electrons. The SMILES string of the molecule is Cc1nc2n(C)nc(Nc3ccc([N+](=O)[O-])cc3)[n+]2c2ccccc12. The second-order valence-electron chi connectivity index (χ2n) is 5.73. The Balaban J connectivity index is 1.87. The number of para-hydroxylation sites is 1. The Kier molecular flexibility index (Phi) is 3.31. The van der Waals surface area contributed by atoms with Crippen LogP contribution in [0.25, 0.3) is 16.7 Å². The van der Waals surface area contributed by atoms with Gasteiger partial charge in [-0.05, 0) is 36.3 Å². The smallest absolute Gasteiger partial charge is 0.273 e. The van der Waals surface area contributed by atoms with E-state index in [9.17, 15) is 10.1 Å². The van der Waals surface area contributed by atoms with Crippen LogP contribution in [0.2, 0.25) is 0 Å². The van der Waals surface area contributed by atoms with Crippen LogP contribution in [0.3, 0.4) is 0 Å². The van der Waals surface area contributed by atoms with Crippen molar-refractivity contribution in [3.63, 3.8) is 0 Å². The number of hydrogen-bond donors (Lipinski definition) is 1. The molecule has 124 valence electrons. The number of nitro groups is 1. The Morgan fingerprint density at radius 1 is 1.16 bits per heavy atom. The van der Waals surface area contributed by atoms with Crippen LogP contribution in [0.1, 0.15) is 5.69 Å². The van der Waals surface area contributed by atoms with Gasteiger partial charge in [0.25, 0.3) is 5.69 Å². The van der Waals surface area contributed by atoms with Crippen molar-refractivity contribution in [1.29, 1.82) is 0 Å². The fourth-order valence-electron chi connectivity index (χ4n) is 2.88. The fraction of sp³-hybridized carbons (Fsp3) is 0.118. The molecule has 2 aromatic heterocycles. The van der Waals surface area contributed by atoms with E-state index in [1.54, 1.807) is 16.8 Å². The summed E-state index contributed by atoms with van der Waals surface area (Å²) in [6, 6.07) is 14.2. The highest BCUT2D eigenvalue weighted by molar-refractivity contribution is 5.79. The third-order valence-electron chi connectivity index (χ3n) is 4.08. The number of hydrogen-bond acceptors (Lipinski definition) is 5. The van der Waals surface area contributed by atoms with Crippen LogP contribution in [0.5, 0.6) is 0 Å². The minimum absolute atomic E-state index is 0.0480. The average molecular weight is 335 g/mol. The molecule has 0 atom stereocenters. The van der Waals surface area contributed by atoms with Gasteiger partial charge in [0.1, 0.15) is 0 Å². The van der Waals surface area contributed by atoms with Crippen LogP contribution in [-0.2, 0) is 7.05 Å². The van der Waals surface area contributed by atoms with Gasteiger partial charge in [0.2, 0.25) is 0 Å². The number of rotatable bonds is 3. The molecular weight excluding hydrogens is 320 g/mol. The molecule has 25 heavy (non-hydrogen) atoms. The van der Waals surface area contributed by atoms with Gasteiger partial charge in [0, 0.05) is 17.5 Å². The number of aryl methyl sites for hydroxylation is 2. The van der Waals surface area contributed by atoms with Gasteiger partial charge in [-0.1, -0.05) is 12.1 Å². The molecule has 2 heterocycles. The summed E-state index contributed by atoms with van der Waals surface area (Å²) in [5, 5.41) is 19.5. The zero-order valence-corrected chi connectivity index (χ0v) is 13.7. The van der Waals surface area contributed by atoms with E-state index in [0.717, 1.165) is 16.6 Å². The second kappa shape index (κ2) is 5.52. The van der Waals surface area contributed by atoms with Crippen molar-refractivity contribution in [3.8, 4) is 0 Å². The third-order valence-corrected chi connectivity index (χ3v) is 4.08. The lowest BCUT2D eigenvalue weighted by Gasteiger charge is -2.03. The summed E-state index contributed by atoms with van der Waals surface area (Å²) in [5.41, 5.74) is 2.68. The monoisotopic (exact) mass is 335 g/mol. The number of nitrogens with zero attached hydrogens (tertiary/aromatic N) is 5. The van der Waals surface area contributed by atoms with E-state index in [1.165, 1.54) is 12.1 Å². The molecule has 8 heteroatoms. The van der Waals surface area contributed by atoms with Crippen molar-refractivity contribution >= 4 is 34.0 Å². The van der Waals surface area contributed by atoms with Crippen LogP contribution in [-0.4, -0.2) is 19.7 Å². The molecule has 0 saturated carbocycles. The molecule has 0 unspecified atom stereocenters. The summed E-state index contributed by atoms with van der Waals surface area (Å²) in [5.74, 6) is 1.30. The Labute approximate surface area is 142 Å². The van der Waals surface area contributed by atoms with Crippen molar-refractivity contribution in [2.45, 2.75) is 6.92 Å². The molecule has 0 aliphatic rings. The van der Waals surface area contributed by atoms with E-state index >= 15 is 0 Å². The fourth-order valence-corrected chi connectivity index (χ4v) is 2.88. The number of non-ortho nitro benzene ring substituents is 1. The molecule has 2 aromatic carbocycles. The van der Waals surface area contributed by atoms with Crippen molar-refractivity contribution < 1.29 is 9.32 Å². The predicted molar refractivity (Wildman–Crippen MR) is 92.8 cm³/mol. The molecular formula is C17H15N6O2+. The molecule has 4 rings (SSSR count). The molecule has 0 saturated heterocycles. The number of benzene rings is 2. The highest BCUT2D eigenvalue weighted by Gasteiger charge is 2.21. The van der Waals surface area contributed by atoms with Gasteiger partial charge in [0.15, 0.2) is 0 Å². The zero-order valence-electron chi connectivity index (χ0n) is 13.7. The molecule has 0 aliphatic carbocycles. The van der Waals surface area contributed by atoms with E-state index < -0.39 is 4.92 Å². The van der Waals surface area contributed by atoms with Gasteiger partial charge < -0.3 is 0 Å². The minimum Gasteiger partial charge on any atom is -0.273 e. The van der Waals surface area contributed by atoms with E-state index in [0.29, 0.717) is 17.4 Å². The van der Waals surface area contributed by atoms with Crippen molar-refractivity contribution in [2.75, 3.05) is 5.32 Å². The maximum absolute atomic E-state index is 10.8. The summed E-state index contributed by atoms with van der Waals surface area (Å²) >= 11 is 0. The summed E-state index contributed by atoms with van der Waals surface area (Å²) in [4.78, 5) is 15.0. The van der Waals surface area contributed by atoms with Crippen molar-refractivity contribution in [3.05, 3.63) is 64.3 Å². The normalized spacial score (nSPS) is 11.1. The maximum atomic E-state index is 10.8. The van der Waals surface area contributed by atoms with Crippen LogP contribution < -0.4 is 9.72 Å². The maximum Gasteiger partial charge on any atom is 0.358 e. The van der Waals surface area contributed by atoms with Crippen LogP contribution >= 0.6 is 0 Å². The molecule has 1 N–H and O–H groups in total. The summed E-state index contributed by atoms with van der Waals surface area (Å²) in [6.07, 6.45) is 0. The van der Waals surface area contributed by atoms with Crippen molar-refractivity contribution in [2.24, 2.45) is 7.05 Å². The average Bonchev–Trinajstić information content (AvgIpc) is 2.91. The Morgan fingerprint density at radius 3 is 2.60 bits per heavy atom. The molecule has 0 aliphatic heterocycles. The lowest BCUT2D eigenvalue weighted by molar-refractivity contribution is -0.468. The van der Waals surface area contributed by atoms with E-state index in [4.69, 9.17) is 0 Å². The molecule has 4 aromatic rings. The standard InChI is InChI=1S/C17H15N6O2/c1-11-14-5-3-4-6-15(14)22-16(20-21(2)17(22)18-11)19-12-7-9-13(10-8-12)23(24)25/h3-10H,1-2H3,(H,19,20)/q+1. The highest BCUT2D eigenvalue weighted by Crippen LogP contribution is 2.20. The first-order valence-corrected chi connectivity index (χ1v) is 7.70. The third kappa shape index (κ3) is 2.44. The Bertz CT molecular complexity index is 1120. The predicted octanol–water partition coefficient (Wildman–Crippen LogP) is 2.67. The number of anilines is 2. The first-order valence-electron chi connectivity index (χ1n) is 7.70. The first-order chi connectivity index (χ1) is 12.0. The van der Waals surface area contributed by atoms with E-state index in [1.807, 2.05) is 42.6 Å². The highest BCUT2D eigenvalue weighted by atomic mass is 16.6. The van der Waals surface area contributed by atoms with Gasteiger partial charge in [-0.25, -0.2) is 0 Å². The topological polar surface area (TPSA) is 90.0 Å². The second-order valence-corrected chi connectivity index (χ2v) is 5.73. The van der Waals surface area contributed by atoms with Crippen LogP contribution in [0.15, 0.2) is 48.5 Å². The minimum atomic E-state index is -0.422. The van der Waals surface area contributed by atoms with Gasteiger partial charge in [0.05, 0.1) is 28.9 Å². The molecule has 0 fully saturated rings. The largest absolute Gasteiger partial charge is 0.358 e. The lowest BCUT2D eigenvalue weighted by Crippen LogP contribution is -2.26. The summed E-state index contributed by atoms with van der Waals surface area (Å²) < 4.78 is 3.64. The summed E-state index contributed by atoms with van der Waals surface area (Å²) in [6.45, 7) is 1.97. The number of aromatic nitrogens is 4. The van der Waals surface area contributed by atoms with Crippen molar-refractivity contribution in [1.82, 2.24) is 14.8 Å². The Hall–Kier alpha value is -3.55.